The van der Waals surface area contributed by atoms with E-state index in [9.17, 15) is 5.11 Å². The molecule has 1 aliphatic heterocycles. The number of nitrogens with zero attached hydrogens (tertiary/aromatic N) is 2. The van der Waals surface area contributed by atoms with E-state index >= 15 is 0 Å². The van der Waals surface area contributed by atoms with Crippen LogP contribution in [-0.2, 0) is 6.54 Å². The fourth-order valence-electron chi connectivity index (χ4n) is 3.36. The standard InChI is InChI=1S/C17H26N4O/c22-13-16-7-4-10-21(16)9-2-1-8-18-11-14-5-3-6-15-12-19-20-17(14)15/h3,5-6,12,16,18,22H,1-2,4,7-11,13H2,(H,19,20). The first-order valence-electron chi connectivity index (χ1n) is 8.35. The summed E-state index contributed by atoms with van der Waals surface area (Å²) in [5.74, 6) is 0. The first kappa shape index (κ1) is 15.5. The molecule has 2 aromatic rings. The van der Waals surface area contributed by atoms with E-state index in [4.69, 9.17) is 0 Å². The predicted octanol–water partition coefficient (Wildman–Crippen LogP) is 1.89. The van der Waals surface area contributed by atoms with Crippen LogP contribution < -0.4 is 5.32 Å². The number of aromatic amines is 1. The van der Waals surface area contributed by atoms with E-state index in [1.807, 2.05) is 6.20 Å². The molecule has 0 bridgehead atoms. The Kier molecular flexibility index (Phi) is 5.43. The number of H-pyrrole nitrogens is 1. The summed E-state index contributed by atoms with van der Waals surface area (Å²) in [6.07, 6.45) is 6.62. The molecule has 1 fully saturated rings. The van der Waals surface area contributed by atoms with Crippen molar-refractivity contribution >= 4 is 10.9 Å². The second-order valence-electron chi connectivity index (χ2n) is 6.15. The van der Waals surface area contributed by atoms with Crippen molar-refractivity contribution in [3.8, 4) is 0 Å². The summed E-state index contributed by atoms with van der Waals surface area (Å²) in [4.78, 5) is 2.44. The molecule has 22 heavy (non-hydrogen) atoms. The van der Waals surface area contributed by atoms with Gasteiger partial charge in [0.15, 0.2) is 0 Å². The molecule has 0 radical (unpaired) electrons. The van der Waals surface area contributed by atoms with Gasteiger partial charge in [-0.15, -0.1) is 0 Å². The largest absolute Gasteiger partial charge is 0.395 e. The van der Waals surface area contributed by atoms with E-state index in [1.54, 1.807) is 0 Å². The molecule has 120 valence electrons. The first-order valence-corrected chi connectivity index (χ1v) is 8.35. The number of hydrogen-bond donors (Lipinski definition) is 3. The van der Waals surface area contributed by atoms with Gasteiger partial charge in [-0.3, -0.25) is 10.00 Å². The topological polar surface area (TPSA) is 64.2 Å². The second kappa shape index (κ2) is 7.72. The summed E-state index contributed by atoms with van der Waals surface area (Å²) in [5.41, 5.74) is 2.41. The average molecular weight is 302 g/mol. The third-order valence-electron chi connectivity index (χ3n) is 4.64. The number of likely N-dealkylation sites (tertiary alicyclic amines) is 1. The van der Waals surface area contributed by atoms with Crippen LogP contribution in [0.3, 0.4) is 0 Å². The van der Waals surface area contributed by atoms with Crippen LogP contribution in [0.4, 0.5) is 0 Å². The zero-order valence-electron chi connectivity index (χ0n) is 13.1. The molecular weight excluding hydrogens is 276 g/mol. The lowest BCUT2D eigenvalue weighted by Gasteiger charge is -2.22. The summed E-state index contributed by atoms with van der Waals surface area (Å²) >= 11 is 0. The van der Waals surface area contributed by atoms with E-state index in [1.165, 1.54) is 30.2 Å². The molecule has 0 amide bonds. The molecule has 1 aromatic heterocycles. The summed E-state index contributed by atoms with van der Waals surface area (Å²) in [7, 11) is 0. The number of benzene rings is 1. The molecule has 5 nitrogen and oxygen atoms in total. The van der Waals surface area contributed by atoms with Crippen molar-refractivity contribution in [2.75, 3.05) is 26.2 Å². The molecule has 1 aliphatic rings. The van der Waals surface area contributed by atoms with E-state index in [0.29, 0.717) is 12.6 Å². The molecule has 1 unspecified atom stereocenters. The van der Waals surface area contributed by atoms with Crippen LogP contribution in [0.15, 0.2) is 24.4 Å². The maximum atomic E-state index is 9.31. The number of rotatable bonds is 8. The zero-order valence-corrected chi connectivity index (χ0v) is 13.1. The molecule has 0 aliphatic carbocycles. The van der Waals surface area contributed by atoms with Crippen LogP contribution >= 0.6 is 0 Å². The van der Waals surface area contributed by atoms with Gasteiger partial charge < -0.3 is 10.4 Å². The maximum Gasteiger partial charge on any atom is 0.0695 e. The van der Waals surface area contributed by atoms with Crippen LogP contribution in [0.2, 0.25) is 0 Å². The highest BCUT2D eigenvalue weighted by molar-refractivity contribution is 5.81. The Bertz CT molecular complexity index is 583. The second-order valence-corrected chi connectivity index (χ2v) is 6.15. The highest BCUT2D eigenvalue weighted by atomic mass is 16.3. The minimum absolute atomic E-state index is 0.312. The summed E-state index contributed by atoms with van der Waals surface area (Å²) in [6.45, 7) is 4.49. The van der Waals surface area contributed by atoms with Gasteiger partial charge in [0.2, 0.25) is 0 Å². The van der Waals surface area contributed by atoms with Crippen molar-refractivity contribution in [3.63, 3.8) is 0 Å². The van der Waals surface area contributed by atoms with Gasteiger partial charge in [-0.25, -0.2) is 0 Å². The van der Waals surface area contributed by atoms with Crippen LogP contribution in [0.5, 0.6) is 0 Å². The Morgan fingerprint density at radius 3 is 3.23 bits per heavy atom. The maximum absolute atomic E-state index is 9.31. The van der Waals surface area contributed by atoms with Crippen molar-refractivity contribution in [1.82, 2.24) is 20.4 Å². The van der Waals surface area contributed by atoms with Crippen molar-refractivity contribution in [1.29, 1.82) is 0 Å². The van der Waals surface area contributed by atoms with E-state index in [2.05, 4.69) is 38.6 Å². The van der Waals surface area contributed by atoms with E-state index < -0.39 is 0 Å². The third kappa shape index (κ3) is 3.66. The van der Waals surface area contributed by atoms with Crippen molar-refractivity contribution in [2.45, 2.75) is 38.3 Å². The number of unbranched alkanes of at least 4 members (excludes halogenated alkanes) is 1. The summed E-state index contributed by atoms with van der Waals surface area (Å²) < 4.78 is 0. The lowest BCUT2D eigenvalue weighted by atomic mass is 10.1. The average Bonchev–Trinajstić information content (AvgIpc) is 3.19. The van der Waals surface area contributed by atoms with Gasteiger partial charge in [0, 0.05) is 18.0 Å². The van der Waals surface area contributed by atoms with Crippen LogP contribution in [-0.4, -0.2) is 52.5 Å². The van der Waals surface area contributed by atoms with Crippen molar-refractivity contribution in [3.05, 3.63) is 30.0 Å². The SMILES string of the molecule is OCC1CCCN1CCCCNCc1cccc2cn[nH]c12. The molecule has 1 atom stereocenters. The van der Waals surface area contributed by atoms with Gasteiger partial charge in [0.05, 0.1) is 18.3 Å². The van der Waals surface area contributed by atoms with Gasteiger partial charge in [-0.1, -0.05) is 18.2 Å². The number of aliphatic hydroxyl groups excluding tert-OH is 1. The van der Waals surface area contributed by atoms with Crippen molar-refractivity contribution in [2.24, 2.45) is 0 Å². The molecule has 2 heterocycles. The number of para-hydroxylation sites is 1. The number of aliphatic hydroxyl groups is 1. The normalized spacial score (nSPS) is 19.2. The summed E-state index contributed by atoms with van der Waals surface area (Å²) in [5, 5.41) is 21.2. The van der Waals surface area contributed by atoms with Crippen LogP contribution in [0.1, 0.15) is 31.2 Å². The molecule has 0 spiro atoms. The fraction of sp³-hybridized carbons (Fsp3) is 0.588. The van der Waals surface area contributed by atoms with Crippen LogP contribution in [0, 0.1) is 0 Å². The smallest absolute Gasteiger partial charge is 0.0695 e. The minimum Gasteiger partial charge on any atom is -0.395 e. The monoisotopic (exact) mass is 302 g/mol. The Balaban J connectivity index is 1.35. The Labute approximate surface area is 131 Å². The summed E-state index contributed by atoms with van der Waals surface area (Å²) in [6, 6.07) is 6.71. The van der Waals surface area contributed by atoms with Gasteiger partial charge in [0.25, 0.3) is 0 Å². The number of nitrogens with one attached hydrogen (secondary N) is 2. The van der Waals surface area contributed by atoms with Gasteiger partial charge in [-0.05, 0) is 50.9 Å². The predicted molar refractivity (Wildman–Crippen MR) is 88.7 cm³/mol. The lowest BCUT2D eigenvalue weighted by molar-refractivity contribution is 0.157. The minimum atomic E-state index is 0.312. The van der Waals surface area contributed by atoms with Gasteiger partial charge >= 0.3 is 0 Å². The Hall–Kier alpha value is -1.43. The van der Waals surface area contributed by atoms with E-state index in [0.717, 1.165) is 38.1 Å². The number of fused-ring (bicyclic) bond motifs is 1. The number of hydrogen-bond acceptors (Lipinski definition) is 4. The van der Waals surface area contributed by atoms with E-state index in [-0.39, 0.29) is 0 Å². The van der Waals surface area contributed by atoms with Gasteiger partial charge in [0.1, 0.15) is 0 Å². The molecule has 5 heteroatoms. The quantitative estimate of drug-likeness (QED) is 0.652. The molecule has 3 N–H and O–H groups in total. The fourth-order valence-corrected chi connectivity index (χ4v) is 3.36. The Morgan fingerprint density at radius 2 is 2.32 bits per heavy atom. The molecule has 1 saturated heterocycles. The highest BCUT2D eigenvalue weighted by Gasteiger charge is 2.22. The van der Waals surface area contributed by atoms with Crippen LogP contribution in [0.25, 0.3) is 10.9 Å². The third-order valence-corrected chi connectivity index (χ3v) is 4.64. The van der Waals surface area contributed by atoms with Crippen molar-refractivity contribution < 1.29 is 5.11 Å². The Morgan fingerprint density at radius 1 is 1.36 bits per heavy atom. The number of aromatic nitrogens is 2. The zero-order chi connectivity index (χ0) is 15.2. The molecule has 3 rings (SSSR count). The van der Waals surface area contributed by atoms with Gasteiger partial charge in [-0.2, -0.15) is 5.10 Å². The first-order chi connectivity index (χ1) is 10.9. The molecule has 1 aromatic carbocycles. The highest BCUT2D eigenvalue weighted by Crippen LogP contribution is 2.17. The molecule has 0 saturated carbocycles. The molecular formula is C17H26N4O. The lowest BCUT2D eigenvalue weighted by Crippen LogP contribution is -2.33.